The third-order valence-electron chi connectivity index (χ3n) is 7.02. The number of aromatic amines is 1. The fourth-order valence-corrected chi connectivity index (χ4v) is 5.25. The van der Waals surface area contributed by atoms with Gasteiger partial charge in [-0.15, -0.1) is 0 Å². The Morgan fingerprint density at radius 2 is 2.06 bits per heavy atom. The molecule has 3 heterocycles. The predicted octanol–water partition coefficient (Wildman–Crippen LogP) is 2.57. The van der Waals surface area contributed by atoms with Gasteiger partial charge >= 0.3 is 0 Å². The second-order valence-electron chi connectivity index (χ2n) is 9.98. The first kappa shape index (κ1) is 21.8. The Labute approximate surface area is 193 Å². The van der Waals surface area contributed by atoms with Gasteiger partial charge in [-0.1, -0.05) is 13.8 Å². The molecule has 1 saturated heterocycles. The van der Waals surface area contributed by atoms with Crippen molar-refractivity contribution in [2.24, 2.45) is 5.92 Å². The highest BCUT2D eigenvalue weighted by Crippen LogP contribution is 2.42. The van der Waals surface area contributed by atoms with Gasteiger partial charge in [0.2, 0.25) is 17.7 Å². The average molecular weight is 453 g/mol. The van der Waals surface area contributed by atoms with E-state index < -0.39 is 12.1 Å². The van der Waals surface area contributed by atoms with E-state index in [-0.39, 0.29) is 36.2 Å². The summed E-state index contributed by atoms with van der Waals surface area (Å²) in [6.45, 7) is 4.26. The van der Waals surface area contributed by atoms with E-state index in [2.05, 4.69) is 29.5 Å². The van der Waals surface area contributed by atoms with Crippen LogP contribution in [0.3, 0.4) is 0 Å². The molecule has 0 radical (unpaired) electrons. The molecule has 176 valence electrons. The number of H-pyrrole nitrogens is 1. The largest absolute Gasteiger partial charge is 0.497 e. The van der Waals surface area contributed by atoms with Crippen LogP contribution < -0.4 is 15.4 Å². The van der Waals surface area contributed by atoms with Crippen LogP contribution in [0.1, 0.15) is 63.3 Å². The first-order valence-corrected chi connectivity index (χ1v) is 12.0. The number of rotatable bonds is 7. The first-order valence-electron chi connectivity index (χ1n) is 12.0. The van der Waals surface area contributed by atoms with Crippen molar-refractivity contribution >= 4 is 28.6 Å². The van der Waals surface area contributed by atoms with E-state index in [1.54, 1.807) is 12.0 Å². The number of nitrogens with zero attached hydrogens (tertiary/aromatic N) is 1. The molecule has 8 heteroatoms. The Kier molecular flexibility index (Phi) is 5.54. The van der Waals surface area contributed by atoms with Gasteiger partial charge in [-0.3, -0.25) is 14.4 Å². The Morgan fingerprint density at radius 1 is 1.27 bits per heavy atom. The third-order valence-corrected chi connectivity index (χ3v) is 7.02. The van der Waals surface area contributed by atoms with Gasteiger partial charge in [0.1, 0.15) is 17.8 Å². The zero-order chi connectivity index (χ0) is 23.3. The molecule has 2 aromatic rings. The van der Waals surface area contributed by atoms with Crippen LogP contribution in [0.15, 0.2) is 18.2 Å². The lowest BCUT2D eigenvalue weighted by Crippen LogP contribution is -2.66. The highest BCUT2D eigenvalue weighted by atomic mass is 16.5. The summed E-state index contributed by atoms with van der Waals surface area (Å²) in [6, 6.07) is 4.78. The van der Waals surface area contributed by atoms with Gasteiger partial charge in [-0.05, 0) is 49.3 Å². The maximum absolute atomic E-state index is 13.6. The number of benzene rings is 1. The molecule has 5 rings (SSSR count). The van der Waals surface area contributed by atoms with E-state index in [1.807, 2.05) is 18.2 Å². The van der Waals surface area contributed by atoms with Crippen molar-refractivity contribution in [2.45, 2.75) is 76.5 Å². The van der Waals surface area contributed by atoms with Gasteiger partial charge in [0.05, 0.1) is 13.2 Å². The van der Waals surface area contributed by atoms with Crippen LogP contribution in [0.5, 0.6) is 5.75 Å². The molecule has 1 aromatic carbocycles. The number of carbonyl (C=O) groups excluding carboxylic acids is 3. The average Bonchev–Trinajstić information content (AvgIpc) is 3.52. The van der Waals surface area contributed by atoms with Gasteiger partial charge in [0.25, 0.3) is 0 Å². The van der Waals surface area contributed by atoms with Gasteiger partial charge in [-0.2, -0.15) is 0 Å². The summed E-state index contributed by atoms with van der Waals surface area (Å²) in [5, 5.41) is 6.94. The SMILES string of the molecule is COc1ccc2c3c([nH]c2c1)C(CC(C)C)N1C(=O)C(CCC(=O)NC2CC2)NC(=O)C1C3. The van der Waals surface area contributed by atoms with Crippen LogP contribution in [0.2, 0.25) is 0 Å². The molecule has 1 aromatic heterocycles. The van der Waals surface area contributed by atoms with Crippen molar-refractivity contribution in [1.82, 2.24) is 20.5 Å². The van der Waals surface area contributed by atoms with Crippen molar-refractivity contribution in [3.05, 3.63) is 29.5 Å². The monoisotopic (exact) mass is 452 g/mol. The number of hydrogen-bond acceptors (Lipinski definition) is 4. The number of piperazine rings is 1. The number of fused-ring (bicyclic) bond motifs is 4. The number of methoxy groups -OCH3 is 1. The minimum atomic E-state index is -0.667. The van der Waals surface area contributed by atoms with E-state index in [9.17, 15) is 14.4 Å². The van der Waals surface area contributed by atoms with Crippen LogP contribution in [0.25, 0.3) is 10.9 Å². The maximum Gasteiger partial charge on any atom is 0.246 e. The molecule has 3 aliphatic rings. The topological polar surface area (TPSA) is 104 Å². The fourth-order valence-electron chi connectivity index (χ4n) is 5.25. The van der Waals surface area contributed by atoms with E-state index in [0.29, 0.717) is 18.8 Å². The molecule has 1 aliphatic carbocycles. The normalized spacial score (nSPS) is 24.5. The number of aromatic nitrogens is 1. The molecule has 3 unspecified atom stereocenters. The number of amides is 3. The smallest absolute Gasteiger partial charge is 0.246 e. The number of nitrogens with one attached hydrogen (secondary N) is 3. The van der Waals surface area contributed by atoms with Crippen LogP contribution in [0, 0.1) is 5.92 Å². The van der Waals surface area contributed by atoms with Crippen LogP contribution >= 0.6 is 0 Å². The zero-order valence-electron chi connectivity index (χ0n) is 19.4. The van der Waals surface area contributed by atoms with E-state index in [4.69, 9.17) is 4.74 Å². The number of hydrogen-bond donors (Lipinski definition) is 3. The second-order valence-corrected chi connectivity index (χ2v) is 9.98. The van der Waals surface area contributed by atoms with Crippen LogP contribution in [0.4, 0.5) is 0 Å². The Hall–Kier alpha value is -3.03. The molecule has 33 heavy (non-hydrogen) atoms. The minimum Gasteiger partial charge on any atom is -0.497 e. The predicted molar refractivity (Wildman–Crippen MR) is 124 cm³/mol. The standard InChI is InChI=1S/C25H32N4O4/c1-13(2)10-20-23-17(16-7-6-15(33-3)11-19(16)27-23)12-21-24(31)28-18(25(32)29(20)21)8-9-22(30)26-14-4-5-14/h6-7,11,13-14,18,20-21,27H,4-5,8-10,12H2,1-3H3,(H,26,30)(H,28,31). The zero-order valence-corrected chi connectivity index (χ0v) is 19.4. The van der Waals surface area contributed by atoms with E-state index >= 15 is 0 Å². The number of carbonyl (C=O) groups is 3. The van der Waals surface area contributed by atoms with Gasteiger partial charge in [0, 0.05) is 41.5 Å². The summed E-state index contributed by atoms with van der Waals surface area (Å²) >= 11 is 0. The molecule has 3 N–H and O–H groups in total. The Balaban J connectivity index is 1.45. The summed E-state index contributed by atoms with van der Waals surface area (Å²) in [4.78, 5) is 44.3. The minimum absolute atomic E-state index is 0.0501. The highest BCUT2D eigenvalue weighted by molar-refractivity contribution is 5.99. The van der Waals surface area contributed by atoms with Crippen molar-refractivity contribution in [2.75, 3.05) is 7.11 Å². The lowest BCUT2D eigenvalue weighted by Gasteiger charge is -2.46. The molecule has 8 nitrogen and oxygen atoms in total. The van der Waals surface area contributed by atoms with Crippen molar-refractivity contribution in [3.63, 3.8) is 0 Å². The fraction of sp³-hybridized carbons (Fsp3) is 0.560. The Morgan fingerprint density at radius 3 is 2.76 bits per heavy atom. The summed E-state index contributed by atoms with van der Waals surface area (Å²) in [7, 11) is 1.64. The molecule has 3 atom stereocenters. The van der Waals surface area contributed by atoms with Crippen LogP contribution in [-0.2, 0) is 20.8 Å². The number of ether oxygens (including phenoxy) is 1. The molecule has 2 fully saturated rings. The van der Waals surface area contributed by atoms with E-state index in [1.165, 1.54) is 0 Å². The van der Waals surface area contributed by atoms with Crippen LogP contribution in [-0.4, -0.2) is 52.8 Å². The third kappa shape index (κ3) is 4.07. The van der Waals surface area contributed by atoms with Crippen molar-refractivity contribution < 1.29 is 19.1 Å². The lowest BCUT2D eigenvalue weighted by molar-refractivity contribution is -0.154. The van der Waals surface area contributed by atoms with Crippen molar-refractivity contribution in [1.29, 1.82) is 0 Å². The molecule has 3 amide bonds. The molecule has 2 aliphatic heterocycles. The highest BCUT2D eigenvalue weighted by Gasteiger charge is 2.48. The summed E-state index contributed by atoms with van der Waals surface area (Å²) in [5.41, 5.74) is 3.07. The first-order chi connectivity index (χ1) is 15.9. The molecule has 0 spiro atoms. The molecular weight excluding hydrogens is 420 g/mol. The van der Waals surface area contributed by atoms with Gasteiger partial charge in [-0.25, -0.2) is 0 Å². The van der Waals surface area contributed by atoms with Crippen molar-refractivity contribution in [3.8, 4) is 5.75 Å². The van der Waals surface area contributed by atoms with Gasteiger partial charge in [0.15, 0.2) is 0 Å². The summed E-state index contributed by atoms with van der Waals surface area (Å²) in [6.07, 6.45) is 3.82. The van der Waals surface area contributed by atoms with Gasteiger partial charge < -0.3 is 25.3 Å². The molecular formula is C25H32N4O4. The Bertz CT molecular complexity index is 1100. The molecule has 1 saturated carbocycles. The second kappa shape index (κ2) is 8.39. The summed E-state index contributed by atoms with van der Waals surface area (Å²) in [5.74, 6) is 0.822. The quantitative estimate of drug-likeness (QED) is 0.601. The summed E-state index contributed by atoms with van der Waals surface area (Å²) < 4.78 is 5.38. The molecule has 0 bridgehead atoms. The lowest BCUT2D eigenvalue weighted by atomic mass is 9.85. The maximum atomic E-state index is 13.6. The van der Waals surface area contributed by atoms with E-state index in [0.717, 1.165) is 47.2 Å².